The van der Waals surface area contributed by atoms with Gasteiger partial charge in [0, 0.05) is 5.69 Å². The Morgan fingerprint density at radius 3 is 2.40 bits per heavy atom. The predicted molar refractivity (Wildman–Crippen MR) is 126 cm³/mol. The lowest BCUT2D eigenvalue weighted by Gasteiger charge is -2.25. The van der Waals surface area contributed by atoms with Crippen molar-refractivity contribution in [3.63, 3.8) is 0 Å². The highest BCUT2D eigenvalue weighted by Crippen LogP contribution is 2.41. The summed E-state index contributed by atoms with van der Waals surface area (Å²) in [7, 11) is 1.28. The van der Waals surface area contributed by atoms with E-state index in [0.29, 0.717) is 29.2 Å². The van der Waals surface area contributed by atoms with Crippen LogP contribution in [0.25, 0.3) is 11.0 Å². The largest absolute Gasteiger partial charge is 0.494 e. The molecule has 5 rings (SSSR count). The van der Waals surface area contributed by atoms with Gasteiger partial charge >= 0.3 is 5.97 Å². The molecular weight excluding hydrogens is 453 g/mol. The first-order chi connectivity index (χ1) is 16.9. The lowest BCUT2D eigenvalue weighted by molar-refractivity contribution is 0.0600. The van der Waals surface area contributed by atoms with Gasteiger partial charge in [-0.3, -0.25) is 14.5 Å². The SMILES string of the molecule is CCOc1ccc(N2C(=O)c3oc4ccc(F)cc4c(=O)c3C2c2ccc(C(=O)OC)cc2)cc1. The fraction of sp³-hybridized carbons (Fsp3) is 0.148. The molecule has 1 amide bonds. The zero-order chi connectivity index (χ0) is 24.7. The number of esters is 1. The number of benzene rings is 3. The van der Waals surface area contributed by atoms with Crippen LogP contribution in [0.5, 0.6) is 5.75 Å². The van der Waals surface area contributed by atoms with Gasteiger partial charge in [0.1, 0.15) is 17.1 Å². The molecule has 1 aliphatic rings. The maximum absolute atomic E-state index is 13.9. The third-order valence-electron chi connectivity index (χ3n) is 5.91. The zero-order valence-corrected chi connectivity index (χ0v) is 18.9. The summed E-state index contributed by atoms with van der Waals surface area (Å²) in [6, 6.07) is 16.1. The van der Waals surface area contributed by atoms with Crippen molar-refractivity contribution in [2.45, 2.75) is 13.0 Å². The molecule has 0 saturated heterocycles. The van der Waals surface area contributed by atoms with E-state index in [1.807, 2.05) is 6.92 Å². The Kier molecular flexibility index (Phi) is 5.56. The van der Waals surface area contributed by atoms with Crippen molar-refractivity contribution in [1.29, 1.82) is 0 Å². The molecule has 8 heteroatoms. The third kappa shape index (κ3) is 3.73. The first kappa shape index (κ1) is 22.3. The van der Waals surface area contributed by atoms with Gasteiger partial charge in [-0.1, -0.05) is 12.1 Å². The normalized spacial score (nSPS) is 14.8. The molecule has 2 heterocycles. The summed E-state index contributed by atoms with van der Waals surface area (Å²) in [5.41, 5.74) is 1.14. The Balaban J connectivity index is 1.71. The Morgan fingerprint density at radius 1 is 1.03 bits per heavy atom. The summed E-state index contributed by atoms with van der Waals surface area (Å²) in [4.78, 5) is 40.5. The molecule has 1 aromatic heterocycles. The Hall–Kier alpha value is -4.46. The van der Waals surface area contributed by atoms with E-state index in [0.717, 1.165) is 6.07 Å². The summed E-state index contributed by atoms with van der Waals surface area (Å²) in [5.74, 6) is -1.07. The number of hydrogen-bond donors (Lipinski definition) is 0. The van der Waals surface area contributed by atoms with Crippen LogP contribution in [0.2, 0.25) is 0 Å². The van der Waals surface area contributed by atoms with Gasteiger partial charge in [0.05, 0.1) is 36.3 Å². The molecule has 4 aromatic rings. The highest BCUT2D eigenvalue weighted by Gasteiger charge is 2.43. The second kappa shape index (κ2) is 8.72. The molecule has 0 bridgehead atoms. The van der Waals surface area contributed by atoms with Crippen LogP contribution in [-0.4, -0.2) is 25.6 Å². The minimum Gasteiger partial charge on any atom is -0.494 e. The van der Waals surface area contributed by atoms with E-state index in [1.54, 1.807) is 48.5 Å². The molecule has 0 radical (unpaired) electrons. The Labute approximate surface area is 199 Å². The summed E-state index contributed by atoms with van der Waals surface area (Å²) in [6.45, 7) is 2.36. The molecular formula is C27H20FNO6. The minimum atomic E-state index is -0.856. The fourth-order valence-electron chi connectivity index (χ4n) is 4.32. The van der Waals surface area contributed by atoms with Crippen molar-refractivity contribution < 1.29 is 27.9 Å². The lowest BCUT2D eigenvalue weighted by Crippen LogP contribution is -2.29. The van der Waals surface area contributed by atoms with Crippen LogP contribution in [-0.2, 0) is 4.74 Å². The summed E-state index contributed by atoms with van der Waals surface area (Å²) in [6.07, 6.45) is 0. The van der Waals surface area contributed by atoms with Gasteiger partial charge in [0.25, 0.3) is 5.91 Å². The number of fused-ring (bicyclic) bond motifs is 2. The zero-order valence-electron chi connectivity index (χ0n) is 18.9. The number of halogens is 1. The van der Waals surface area contributed by atoms with E-state index >= 15 is 0 Å². The van der Waals surface area contributed by atoms with E-state index < -0.39 is 29.2 Å². The van der Waals surface area contributed by atoms with Crippen LogP contribution in [0, 0.1) is 5.82 Å². The van der Waals surface area contributed by atoms with Gasteiger partial charge in [-0.25, -0.2) is 9.18 Å². The summed E-state index contributed by atoms with van der Waals surface area (Å²) < 4.78 is 30.0. The first-order valence-electron chi connectivity index (χ1n) is 10.9. The van der Waals surface area contributed by atoms with Crippen LogP contribution in [0.4, 0.5) is 10.1 Å². The van der Waals surface area contributed by atoms with E-state index in [-0.39, 0.29) is 22.3 Å². The Bertz CT molecular complexity index is 1510. The highest BCUT2D eigenvalue weighted by atomic mass is 19.1. The summed E-state index contributed by atoms with van der Waals surface area (Å²) in [5, 5.41) is 0.0428. The number of hydrogen-bond acceptors (Lipinski definition) is 6. The quantitative estimate of drug-likeness (QED) is 0.385. The van der Waals surface area contributed by atoms with Gasteiger partial charge in [-0.05, 0) is 67.1 Å². The van der Waals surface area contributed by atoms with E-state index in [4.69, 9.17) is 13.9 Å². The van der Waals surface area contributed by atoms with Crippen molar-refractivity contribution in [2.75, 3.05) is 18.6 Å². The topological polar surface area (TPSA) is 86.0 Å². The molecule has 0 N–H and O–H groups in total. The van der Waals surface area contributed by atoms with Gasteiger partial charge in [-0.2, -0.15) is 0 Å². The molecule has 1 unspecified atom stereocenters. The number of carbonyl (C=O) groups is 2. The monoisotopic (exact) mass is 473 g/mol. The number of methoxy groups -OCH3 is 1. The predicted octanol–water partition coefficient (Wildman–Crippen LogP) is 4.87. The second-order valence-electron chi connectivity index (χ2n) is 7.93. The van der Waals surface area contributed by atoms with Gasteiger partial charge in [-0.15, -0.1) is 0 Å². The number of amides is 1. The van der Waals surface area contributed by atoms with Gasteiger partial charge < -0.3 is 13.9 Å². The van der Waals surface area contributed by atoms with Crippen LogP contribution < -0.4 is 15.1 Å². The van der Waals surface area contributed by atoms with E-state index in [1.165, 1.54) is 24.1 Å². The third-order valence-corrected chi connectivity index (χ3v) is 5.91. The highest BCUT2D eigenvalue weighted by molar-refractivity contribution is 6.10. The van der Waals surface area contributed by atoms with Crippen LogP contribution in [0.1, 0.15) is 45.0 Å². The maximum atomic E-state index is 13.9. The van der Waals surface area contributed by atoms with Crippen LogP contribution >= 0.6 is 0 Å². The average molecular weight is 473 g/mol. The molecule has 3 aromatic carbocycles. The van der Waals surface area contributed by atoms with Crippen molar-refractivity contribution in [3.05, 3.63) is 105 Å². The molecule has 35 heavy (non-hydrogen) atoms. The van der Waals surface area contributed by atoms with E-state index in [9.17, 15) is 18.8 Å². The number of rotatable bonds is 5. The fourth-order valence-corrected chi connectivity index (χ4v) is 4.32. The van der Waals surface area contributed by atoms with Crippen LogP contribution in [0.15, 0.2) is 75.9 Å². The van der Waals surface area contributed by atoms with Crippen molar-refractivity contribution in [1.82, 2.24) is 0 Å². The number of anilines is 1. The van der Waals surface area contributed by atoms with Crippen molar-refractivity contribution in [2.24, 2.45) is 0 Å². The van der Waals surface area contributed by atoms with Crippen molar-refractivity contribution in [3.8, 4) is 5.75 Å². The van der Waals surface area contributed by atoms with Gasteiger partial charge in [0.2, 0.25) is 5.76 Å². The van der Waals surface area contributed by atoms with Crippen molar-refractivity contribution >= 4 is 28.5 Å². The number of nitrogens with zero attached hydrogens (tertiary/aromatic N) is 1. The second-order valence-corrected chi connectivity index (χ2v) is 7.93. The molecule has 1 atom stereocenters. The maximum Gasteiger partial charge on any atom is 0.337 e. The van der Waals surface area contributed by atoms with E-state index in [2.05, 4.69) is 0 Å². The smallest absolute Gasteiger partial charge is 0.337 e. The molecule has 7 nitrogen and oxygen atoms in total. The average Bonchev–Trinajstić information content (AvgIpc) is 3.17. The number of ether oxygens (including phenoxy) is 2. The minimum absolute atomic E-state index is 0.0428. The molecule has 0 aliphatic carbocycles. The standard InChI is InChI=1S/C27H20FNO6/c1-3-34-19-11-9-18(10-12-19)29-23(15-4-6-16(7-5-15)27(32)33-2)22-24(30)20-14-17(28)8-13-21(20)35-25(22)26(29)31/h4-14,23H,3H2,1-2H3. The molecule has 1 aliphatic heterocycles. The molecule has 176 valence electrons. The molecule has 0 fully saturated rings. The number of carbonyl (C=O) groups excluding carboxylic acids is 2. The van der Waals surface area contributed by atoms with Gasteiger partial charge in [0.15, 0.2) is 5.43 Å². The molecule has 0 spiro atoms. The first-order valence-corrected chi connectivity index (χ1v) is 10.9. The molecule has 0 saturated carbocycles. The lowest BCUT2D eigenvalue weighted by atomic mass is 9.97. The van der Waals surface area contributed by atoms with Crippen LogP contribution in [0.3, 0.4) is 0 Å². The summed E-state index contributed by atoms with van der Waals surface area (Å²) >= 11 is 0. The Morgan fingerprint density at radius 2 is 1.74 bits per heavy atom.